The zero-order valence-electron chi connectivity index (χ0n) is 23.3. The Balaban J connectivity index is 1.47. The molecule has 2 aromatic carbocycles. The number of ether oxygens (including phenoxy) is 3. The van der Waals surface area contributed by atoms with Crippen molar-refractivity contribution in [2.75, 3.05) is 13.2 Å². The molecule has 0 bridgehead atoms. The van der Waals surface area contributed by atoms with E-state index in [1.807, 2.05) is 12.1 Å². The Kier molecular flexibility index (Phi) is 12.2. The minimum Gasteiger partial charge on any atom is -0.486 e. The van der Waals surface area contributed by atoms with Crippen LogP contribution in [0.3, 0.4) is 0 Å². The Bertz CT molecular complexity index is 1080. The van der Waals surface area contributed by atoms with Crippen LogP contribution in [0.15, 0.2) is 60.9 Å². The molecule has 0 saturated heterocycles. The van der Waals surface area contributed by atoms with Gasteiger partial charge in [-0.1, -0.05) is 88.1 Å². The van der Waals surface area contributed by atoms with Gasteiger partial charge in [0.05, 0.1) is 12.4 Å². The molecule has 0 amide bonds. The van der Waals surface area contributed by atoms with Crippen molar-refractivity contribution in [2.24, 2.45) is 0 Å². The van der Waals surface area contributed by atoms with Gasteiger partial charge in [0.25, 0.3) is 0 Å². The van der Waals surface area contributed by atoms with Gasteiger partial charge in [-0.25, -0.2) is 14.8 Å². The molecule has 38 heavy (non-hydrogen) atoms. The topological polar surface area (TPSA) is 70.5 Å². The Labute approximate surface area is 227 Å². The van der Waals surface area contributed by atoms with Crippen LogP contribution in [0.25, 0.3) is 22.5 Å². The number of aromatic nitrogens is 2. The molecule has 1 unspecified atom stereocenters. The van der Waals surface area contributed by atoms with Crippen LogP contribution in [0.2, 0.25) is 0 Å². The van der Waals surface area contributed by atoms with Crippen molar-refractivity contribution in [3.8, 4) is 28.3 Å². The molecule has 0 fully saturated rings. The molecule has 0 aliphatic rings. The van der Waals surface area contributed by atoms with E-state index in [2.05, 4.69) is 60.2 Å². The third kappa shape index (κ3) is 9.56. The summed E-state index contributed by atoms with van der Waals surface area (Å²) in [7, 11) is 0. The van der Waals surface area contributed by atoms with Crippen LogP contribution in [0.4, 0.5) is 0 Å². The van der Waals surface area contributed by atoms with E-state index in [0.29, 0.717) is 18.2 Å². The van der Waals surface area contributed by atoms with E-state index in [1.165, 1.54) is 42.4 Å². The number of carbonyl (C=O) groups is 1. The van der Waals surface area contributed by atoms with Gasteiger partial charge in [-0.05, 0) is 49.8 Å². The smallest absolute Gasteiger partial charge is 0.335 e. The number of nitrogens with zero attached hydrogens (tertiary/aromatic N) is 2. The largest absolute Gasteiger partial charge is 0.486 e. The second kappa shape index (κ2) is 15.9. The van der Waals surface area contributed by atoms with E-state index >= 15 is 0 Å². The minimum absolute atomic E-state index is 0.211. The Morgan fingerprint density at radius 2 is 1.39 bits per heavy atom. The summed E-state index contributed by atoms with van der Waals surface area (Å²) < 4.78 is 16.6. The summed E-state index contributed by atoms with van der Waals surface area (Å²) in [4.78, 5) is 21.0. The van der Waals surface area contributed by atoms with Crippen molar-refractivity contribution in [1.82, 2.24) is 9.97 Å². The van der Waals surface area contributed by atoms with Gasteiger partial charge in [0.15, 0.2) is 17.7 Å². The van der Waals surface area contributed by atoms with Crippen LogP contribution in [0.5, 0.6) is 5.75 Å². The number of hydrogen-bond donors (Lipinski definition) is 0. The number of benzene rings is 2. The average Bonchev–Trinajstić information content (AvgIpc) is 2.95. The van der Waals surface area contributed by atoms with Crippen LogP contribution >= 0.6 is 0 Å². The van der Waals surface area contributed by atoms with Crippen LogP contribution in [-0.2, 0) is 20.7 Å². The maximum atomic E-state index is 12.1. The van der Waals surface area contributed by atoms with Crippen molar-refractivity contribution in [1.29, 1.82) is 0 Å². The first-order valence-corrected chi connectivity index (χ1v) is 14.0. The summed E-state index contributed by atoms with van der Waals surface area (Å²) in [6, 6.07) is 17.1. The lowest BCUT2D eigenvalue weighted by molar-refractivity contribution is -0.162. The van der Waals surface area contributed by atoms with E-state index in [9.17, 15) is 4.79 Å². The molecular weight excluding hydrogens is 476 g/mol. The summed E-state index contributed by atoms with van der Waals surface area (Å²) in [5, 5.41) is 0. The lowest BCUT2D eigenvalue weighted by Crippen LogP contribution is -2.30. The molecule has 204 valence electrons. The van der Waals surface area contributed by atoms with Gasteiger partial charge in [-0.3, -0.25) is 0 Å². The SMILES string of the molecule is CCCCCCc1ccc(-c2ccc(-c3ncc(OC[C@H](C)OC(=O)C(C)OCCCC)cn3)cc2)cc1. The molecule has 0 aliphatic heterocycles. The predicted octanol–water partition coefficient (Wildman–Crippen LogP) is 7.45. The second-order valence-electron chi connectivity index (χ2n) is 9.75. The van der Waals surface area contributed by atoms with Gasteiger partial charge in [-0.15, -0.1) is 0 Å². The number of hydrogen-bond acceptors (Lipinski definition) is 6. The molecule has 0 N–H and O–H groups in total. The molecule has 0 aliphatic carbocycles. The van der Waals surface area contributed by atoms with E-state index in [-0.39, 0.29) is 12.6 Å². The highest BCUT2D eigenvalue weighted by molar-refractivity contribution is 5.74. The van der Waals surface area contributed by atoms with Crippen LogP contribution in [-0.4, -0.2) is 41.4 Å². The average molecular weight is 519 g/mol. The summed E-state index contributed by atoms with van der Waals surface area (Å²) in [5.41, 5.74) is 4.71. The van der Waals surface area contributed by atoms with Gasteiger partial charge in [0.2, 0.25) is 0 Å². The highest BCUT2D eigenvalue weighted by Crippen LogP contribution is 2.24. The van der Waals surface area contributed by atoms with Gasteiger partial charge < -0.3 is 14.2 Å². The quantitative estimate of drug-likeness (QED) is 0.145. The fourth-order valence-corrected chi connectivity index (χ4v) is 3.99. The van der Waals surface area contributed by atoms with Crippen molar-refractivity contribution in [3.63, 3.8) is 0 Å². The maximum absolute atomic E-state index is 12.1. The fourth-order valence-electron chi connectivity index (χ4n) is 3.99. The monoisotopic (exact) mass is 518 g/mol. The zero-order chi connectivity index (χ0) is 27.2. The number of esters is 1. The number of rotatable bonds is 16. The van der Waals surface area contributed by atoms with Gasteiger partial charge >= 0.3 is 5.97 Å². The molecule has 0 radical (unpaired) electrons. The molecule has 3 rings (SSSR count). The first-order chi connectivity index (χ1) is 18.5. The zero-order valence-corrected chi connectivity index (χ0v) is 23.3. The summed E-state index contributed by atoms with van der Waals surface area (Å²) in [6.45, 7) is 8.57. The van der Waals surface area contributed by atoms with E-state index in [4.69, 9.17) is 14.2 Å². The lowest BCUT2D eigenvalue weighted by atomic mass is 10.00. The number of unbranched alkanes of at least 4 members (excludes halogenated alkanes) is 4. The Morgan fingerprint density at radius 1 is 0.789 bits per heavy atom. The Hall–Kier alpha value is -3.25. The van der Waals surface area contributed by atoms with Crippen LogP contribution in [0, 0.1) is 0 Å². The maximum Gasteiger partial charge on any atom is 0.335 e. The van der Waals surface area contributed by atoms with E-state index in [1.54, 1.807) is 26.2 Å². The molecule has 3 aromatic rings. The molecule has 1 aromatic heterocycles. The Morgan fingerprint density at radius 3 is 2.03 bits per heavy atom. The fraction of sp³-hybridized carbons (Fsp3) is 0.469. The summed E-state index contributed by atoms with van der Waals surface area (Å²) in [5.74, 6) is 0.768. The lowest BCUT2D eigenvalue weighted by Gasteiger charge is -2.17. The van der Waals surface area contributed by atoms with Gasteiger partial charge in [0.1, 0.15) is 12.7 Å². The first-order valence-electron chi connectivity index (χ1n) is 14.0. The van der Waals surface area contributed by atoms with E-state index in [0.717, 1.165) is 24.8 Å². The van der Waals surface area contributed by atoms with Crippen LogP contribution in [0.1, 0.15) is 71.8 Å². The molecule has 6 nitrogen and oxygen atoms in total. The minimum atomic E-state index is -0.585. The van der Waals surface area contributed by atoms with Gasteiger partial charge in [0, 0.05) is 12.2 Å². The molecule has 6 heteroatoms. The van der Waals surface area contributed by atoms with Crippen molar-refractivity contribution < 1.29 is 19.0 Å². The number of carbonyl (C=O) groups excluding carboxylic acids is 1. The molecule has 1 heterocycles. The van der Waals surface area contributed by atoms with Gasteiger partial charge in [-0.2, -0.15) is 0 Å². The highest BCUT2D eigenvalue weighted by atomic mass is 16.6. The third-order valence-corrected chi connectivity index (χ3v) is 6.38. The third-order valence-electron chi connectivity index (χ3n) is 6.38. The molecular formula is C32H42N2O4. The molecule has 2 atom stereocenters. The van der Waals surface area contributed by atoms with Crippen molar-refractivity contribution in [3.05, 3.63) is 66.5 Å². The van der Waals surface area contributed by atoms with Crippen molar-refractivity contribution >= 4 is 5.97 Å². The predicted molar refractivity (Wildman–Crippen MR) is 152 cm³/mol. The van der Waals surface area contributed by atoms with E-state index < -0.39 is 12.2 Å². The standard InChI is InChI=1S/C32H42N2O4/c1-5-7-9-10-11-26-12-14-27(15-13-26)28-16-18-29(19-17-28)31-33-21-30(22-34-31)37-23-24(3)38-32(35)25(4)36-20-8-6-2/h12-19,21-22,24-25H,5-11,20,23H2,1-4H3/t24-,25?/m0/s1. The molecule has 0 spiro atoms. The first kappa shape index (κ1) is 29.3. The second-order valence-corrected chi connectivity index (χ2v) is 9.75. The normalized spacial score (nSPS) is 12.6. The van der Waals surface area contributed by atoms with Crippen molar-refractivity contribution in [2.45, 2.75) is 84.8 Å². The molecule has 0 saturated carbocycles. The summed E-state index contributed by atoms with van der Waals surface area (Å²) >= 11 is 0. The van der Waals surface area contributed by atoms with Crippen LogP contribution < -0.4 is 4.74 Å². The number of aryl methyl sites for hydroxylation is 1. The summed E-state index contributed by atoms with van der Waals surface area (Å²) in [6.07, 6.45) is 10.5. The highest BCUT2D eigenvalue weighted by Gasteiger charge is 2.18.